The first-order valence-corrected chi connectivity index (χ1v) is 13.7. The smallest absolute Gasteiger partial charge is 0.475 e. The van der Waals surface area contributed by atoms with Crippen molar-refractivity contribution < 1.29 is 36.2 Å². The number of aromatic nitrogens is 1. The van der Waals surface area contributed by atoms with Gasteiger partial charge in [-0.2, -0.15) is 13.2 Å². The van der Waals surface area contributed by atoms with Crippen LogP contribution in [0.3, 0.4) is 0 Å². The van der Waals surface area contributed by atoms with Gasteiger partial charge in [0.2, 0.25) is 9.84 Å². The first kappa shape index (κ1) is 28.4. The molecule has 1 atom stereocenters. The van der Waals surface area contributed by atoms with Crippen LogP contribution in [0.25, 0.3) is 0 Å². The van der Waals surface area contributed by atoms with Crippen molar-refractivity contribution in [3.05, 3.63) is 27.7 Å². The van der Waals surface area contributed by atoms with E-state index < -0.39 is 22.0 Å². The van der Waals surface area contributed by atoms with Crippen LogP contribution in [0, 0.1) is 5.41 Å². The van der Waals surface area contributed by atoms with Crippen molar-refractivity contribution in [1.82, 2.24) is 4.98 Å². The number of halogens is 4. The monoisotopic (exact) mass is 604 g/mol. The average Bonchev–Trinajstić information content (AvgIpc) is 3.42. The molecule has 5 N–H and O–H groups in total. The summed E-state index contributed by atoms with van der Waals surface area (Å²) in [6, 6.07) is 2.99. The van der Waals surface area contributed by atoms with Crippen LogP contribution in [0.15, 0.2) is 36.8 Å². The number of carboxylic acid groups (broad SMARTS) is 1. The van der Waals surface area contributed by atoms with Crippen molar-refractivity contribution in [2.45, 2.75) is 39.1 Å². The van der Waals surface area contributed by atoms with E-state index in [9.17, 15) is 21.6 Å². The summed E-state index contributed by atoms with van der Waals surface area (Å²) in [7, 11) is -3.77. The van der Waals surface area contributed by atoms with Gasteiger partial charge in [0.1, 0.15) is 11.7 Å². The predicted molar refractivity (Wildman–Crippen MR) is 126 cm³/mol. The Kier molecular flexibility index (Phi) is 9.76. The number of thiophene rings is 1. The summed E-state index contributed by atoms with van der Waals surface area (Å²) < 4.78 is 64.6. The second-order valence-electron chi connectivity index (χ2n) is 6.70. The molecule has 1 unspecified atom stereocenters. The van der Waals surface area contributed by atoms with E-state index in [0.717, 1.165) is 19.4 Å². The Balaban J connectivity index is 0.000000509. The van der Waals surface area contributed by atoms with Crippen LogP contribution in [0.2, 0.25) is 0 Å². The number of nitrogen functional groups attached to an aromatic ring is 1. The molecule has 0 radical (unpaired) electrons. The number of alkyl halides is 3. The lowest BCUT2D eigenvalue weighted by atomic mass is 10.2. The molecule has 3 heterocycles. The van der Waals surface area contributed by atoms with Gasteiger partial charge >= 0.3 is 12.1 Å². The van der Waals surface area contributed by atoms with Gasteiger partial charge in [0.25, 0.3) is 0 Å². The minimum Gasteiger partial charge on any atom is -0.475 e. The molecule has 0 aliphatic carbocycles. The first-order valence-electron chi connectivity index (χ1n) is 9.35. The van der Waals surface area contributed by atoms with Crippen LogP contribution in [-0.2, 0) is 19.4 Å². The minimum atomic E-state index is -5.08. The number of nitrogens with zero attached hydrogens (tertiary/aromatic N) is 1. The van der Waals surface area contributed by atoms with E-state index in [1.54, 1.807) is 6.26 Å². The van der Waals surface area contributed by atoms with Gasteiger partial charge in [0.15, 0.2) is 0 Å². The fourth-order valence-corrected chi connectivity index (χ4v) is 7.13. The summed E-state index contributed by atoms with van der Waals surface area (Å²) in [6.45, 7) is 1.40. The highest BCUT2D eigenvalue weighted by atomic mass is 79.9. The topological polar surface area (TPSA) is 155 Å². The number of hydrogen-bond acceptors (Lipinski definition) is 9. The maximum absolute atomic E-state index is 13.1. The average molecular weight is 605 g/mol. The maximum Gasteiger partial charge on any atom is 0.490 e. The lowest BCUT2D eigenvalue weighted by Gasteiger charge is -2.13. The lowest BCUT2D eigenvalue weighted by Crippen LogP contribution is -2.21. The van der Waals surface area contributed by atoms with Gasteiger partial charge in [-0.05, 0) is 47.2 Å². The van der Waals surface area contributed by atoms with E-state index in [4.69, 9.17) is 25.8 Å². The van der Waals surface area contributed by atoms with Gasteiger partial charge in [-0.15, -0.1) is 23.1 Å². The van der Waals surface area contributed by atoms with Gasteiger partial charge in [-0.3, -0.25) is 5.41 Å². The molecule has 0 bridgehead atoms. The summed E-state index contributed by atoms with van der Waals surface area (Å²) in [5.41, 5.74) is 5.51. The van der Waals surface area contributed by atoms with Gasteiger partial charge in [-0.25, -0.2) is 18.2 Å². The van der Waals surface area contributed by atoms with E-state index in [1.165, 1.54) is 41.4 Å². The van der Waals surface area contributed by atoms with Crippen LogP contribution in [0.1, 0.15) is 17.7 Å². The number of amidine groups is 1. The summed E-state index contributed by atoms with van der Waals surface area (Å²) in [5, 5.41) is 17.9. The highest BCUT2D eigenvalue weighted by Gasteiger charge is 2.38. The number of sulfone groups is 1. The highest BCUT2D eigenvalue weighted by molar-refractivity contribution is 9.10. The molecule has 1 fully saturated rings. The molecule has 9 nitrogen and oxygen atoms in total. The number of aliphatic carboxylic acids is 1. The zero-order valence-corrected chi connectivity index (χ0v) is 21.5. The molecule has 188 valence electrons. The largest absolute Gasteiger partial charge is 0.490 e. The van der Waals surface area contributed by atoms with Crippen molar-refractivity contribution in [1.29, 1.82) is 5.41 Å². The van der Waals surface area contributed by atoms with Crippen LogP contribution >= 0.6 is 39.0 Å². The van der Waals surface area contributed by atoms with E-state index >= 15 is 0 Å². The molecule has 1 aliphatic heterocycles. The number of carboxylic acids is 1. The number of anilines is 1. The number of hydrogen-bond donors (Lipinski definition) is 4. The molecular weight excluding hydrogens is 585 g/mol. The first-order chi connectivity index (χ1) is 15.8. The summed E-state index contributed by atoms with van der Waals surface area (Å²) in [4.78, 5) is 13.8. The van der Waals surface area contributed by atoms with Gasteiger partial charge in [0.05, 0.1) is 29.5 Å². The zero-order chi connectivity index (χ0) is 25.7. The third kappa shape index (κ3) is 7.31. The Morgan fingerprint density at radius 1 is 1.47 bits per heavy atom. The molecule has 0 saturated carbocycles. The number of nitrogens with one attached hydrogen (secondary N) is 2. The van der Waals surface area contributed by atoms with Crippen LogP contribution in [-0.4, -0.2) is 62.0 Å². The molecule has 3 rings (SSSR count). The number of thioether (sulfide) groups is 1. The third-order valence-electron chi connectivity index (χ3n) is 4.30. The molecule has 2 aromatic rings. The van der Waals surface area contributed by atoms with Crippen molar-refractivity contribution in [2.24, 2.45) is 5.73 Å². The van der Waals surface area contributed by atoms with E-state index in [2.05, 4.69) is 26.2 Å². The molecule has 1 aliphatic rings. The van der Waals surface area contributed by atoms with Crippen LogP contribution in [0.4, 0.5) is 19.0 Å². The van der Waals surface area contributed by atoms with Crippen LogP contribution < -0.4 is 11.1 Å². The van der Waals surface area contributed by atoms with Gasteiger partial charge in [0, 0.05) is 19.3 Å². The molecule has 0 aromatic carbocycles. The minimum absolute atomic E-state index is 0.0836. The van der Waals surface area contributed by atoms with Crippen molar-refractivity contribution in [2.75, 3.05) is 24.7 Å². The Labute approximate surface area is 209 Å². The SMILES string of the molecule is CSc1sc(C(=N)N)cc1S(=O)(=O)c1cnc(NCC2CCCO2)c(Br)c1.O=C(O)C(F)(F)F. The quantitative estimate of drug-likeness (QED) is 0.208. The maximum atomic E-state index is 13.1. The Morgan fingerprint density at radius 3 is 2.59 bits per heavy atom. The van der Waals surface area contributed by atoms with E-state index in [1.807, 2.05) is 0 Å². The van der Waals surface area contributed by atoms with Gasteiger partial charge in [-0.1, -0.05) is 0 Å². The molecular formula is C18H20BrF3N4O5S3. The van der Waals surface area contributed by atoms with Crippen molar-refractivity contribution in [3.63, 3.8) is 0 Å². The van der Waals surface area contributed by atoms with Gasteiger partial charge < -0.3 is 20.9 Å². The van der Waals surface area contributed by atoms with Crippen LogP contribution in [0.5, 0.6) is 0 Å². The standard InChI is InChI=1S/C16H19BrN4O3S3.C2HF3O2/c1-25-16-13(6-12(26-16)14(18)19)27(22,23)10-5-11(17)15(21-8-10)20-7-9-3-2-4-24-9;3-2(4,5)1(6)7/h5-6,8-9H,2-4,7H2,1H3,(H3,18,19)(H,20,21);(H,6,7). The van der Waals surface area contributed by atoms with E-state index in [-0.39, 0.29) is 21.7 Å². The summed E-state index contributed by atoms with van der Waals surface area (Å²) in [6.07, 6.45) is 0.264. The Hall–Kier alpha value is -1.88. The number of rotatable bonds is 7. The number of ether oxygens (including phenoxy) is 1. The predicted octanol–water partition coefficient (Wildman–Crippen LogP) is 3.97. The normalized spacial score (nSPS) is 16.0. The summed E-state index contributed by atoms with van der Waals surface area (Å²) >= 11 is 5.91. The molecule has 0 amide bonds. The van der Waals surface area contributed by atoms with Crippen molar-refractivity contribution in [3.8, 4) is 0 Å². The zero-order valence-electron chi connectivity index (χ0n) is 17.5. The molecule has 2 aromatic heterocycles. The van der Waals surface area contributed by atoms with Crippen molar-refractivity contribution >= 4 is 66.5 Å². The molecule has 1 saturated heterocycles. The molecule has 16 heteroatoms. The second kappa shape index (κ2) is 11.7. The van der Waals surface area contributed by atoms with E-state index in [0.29, 0.717) is 25.9 Å². The molecule has 34 heavy (non-hydrogen) atoms. The lowest BCUT2D eigenvalue weighted by molar-refractivity contribution is -0.192. The highest BCUT2D eigenvalue weighted by Crippen LogP contribution is 2.37. The number of pyridine rings is 1. The number of nitrogens with two attached hydrogens (primary N) is 1. The third-order valence-corrected chi connectivity index (χ3v) is 9.21. The number of carbonyl (C=O) groups is 1. The molecule has 0 spiro atoms. The summed E-state index contributed by atoms with van der Waals surface area (Å²) in [5.74, 6) is -2.33. The Bertz CT molecular complexity index is 1150. The Morgan fingerprint density at radius 2 is 2.12 bits per heavy atom. The fraction of sp³-hybridized carbons (Fsp3) is 0.389. The fourth-order valence-electron chi connectivity index (χ4n) is 2.66. The second-order valence-corrected chi connectivity index (χ2v) is 11.6.